The summed E-state index contributed by atoms with van der Waals surface area (Å²) in [5.74, 6) is -0.424. The standard InChI is InChI=1S/C35H36FN3O5S/c1-44-32-10-6-5-9-28(32)23-37-35(41)34(27-7-3-2-4-8-27)39(24-26-11-16-29(36)17-12-26)33(40)22-15-25-13-20-31(21-14-25)45(42,43)38-30-18-19-30/h2-14,16-17,20-21,30,34,38H,15,18-19,22-24H2,1H3,(H,37,41). The van der Waals surface area contributed by atoms with Gasteiger partial charge in [-0.15, -0.1) is 0 Å². The van der Waals surface area contributed by atoms with Crippen molar-refractivity contribution in [1.82, 2.24) is 14.9 Å². The van der Waals surface area contributed by atoms with Gasteiger partial charge < -0.3 is 15.0 Å². The second kappa shape index (κ2) is 14.5. The molecule has 0 heterocycles. The zero-order valence-corrected chi connectivity index (χ0v) is 25.8. The lowest BCUT2D eigenvalue weighted by Crippen LogP contribution is -2.43. The van der Waals surface area contributed by atoms with Crippen LogP contribution < -0.4 is 14.8 Å². The molecule has 10 heteroatoms. The van der Waals surface area contributed by atoms with Gasteiger partial charge in [-0.25, -0.2) is 17.5 Å². The van der Waals surface area contributed by atoms with E-state index in [0.717, 1.165) is 24.0 Å². The molecule has 8 nitrogen and oxygen atoms in total. The van der Waals surface area contributed by atoms with Crippen LogP contribution in [0.25, 0.3) is 0 Å². The predicted octanol–water partition coefficient (Wildman–Crippen LogP) is 5.29. The van der Waals surface area contributed by atoms with E-state index in [-0.39, 0.29) is 42.3 Å². The van der Waals surface area contributed by atoms with Gasteiger partial charge in [0.1, 0.15) is 17.6 Å². The highest BCUT2D eigenvalue weighted by Crippen LogP contribution is 2.27. The number of nitrogens with zero attached hydrogens (tertiary/aromatic N) is 1. The molecule has 2 N–H and O–H groups in total. The Kier molecular flexibility index (Phi) is 10.3. The van der Waals surface area contributed by atoms with Crippen molar-refractivity contribution in [2.24, 2.45) is 0 Å². The number of halogens is 1. The van der Waals surface area contributed by atoms with E-state index in [0.29, 0.717) is 23.3 Å². The maximum atomic E-state index is 14.0. The van der Waals surface area contributed by atoms with Gasteiger partial charge in [0, 0.05) is 31.1 Å². The van der Waals surface area contributed by atoms with E-state index in [1.165, 1.54) is 17.0 Å². The largest absolute Gasteiger partial charge is 0.496 e. The summed E-state index contributed by atoms with van der Waals surface area (Å²) in [6.07, 6.45) is 2.09. The molecule has 1 unspecified atom stereocenters. The summed E-state index contributed by atoms with van der Waals surface area (Å²) < 4.78 is 47.0. The molecule has 45 heavy (non-hydrogen) atoms. The zero-order valence-electron chi connectivity index (χ0n) is 25.0. The molecule has 0 aromatic heterocycles. The van der Waals surface area contributed by atoms with Crippen molar-refractivity contribution < 1.29 is 27.1 Å². The van der Waals surface area contributed by atoms with Crippen molar-refractivity contribution in [3.8, 4) is 5.75 Å². The highest BCUT2D eigenvalue weighted by atomic mass is 32.2. The van der Waals surface area contributed by atoms with E-state index >= 15 is 0 Å². The molecular formula is C35H36FN3O5S. The van der Waals surface area contributed by atoms with E-state index in [4.69, 9.17) is 4.74 Å². The molecule has 1 aliphatic carbocycles. The molecule has 1 fully saturated rings. The first kappa shape index (κ1) is 31.9. The molecule has 4 aromatic rings. The molecule has 0 radical (unpaired) electrons. The number of aryl methyl sites for hydroxylation is 1. The summed E-state index contributed by atoms with van der Waals surface area (Å²) in [6, 6.07) is 27.8. The van der Waals surface area contributed by atoms with Crippen molar-refractivity contribution >= 4 is 21.8 Å². The number of benzene rings is 4. The minimum atomic E-state index is -3.58. The molecule has 0 bridgehead atoms. The first-order valence-electron chi connectivity index (χ1n) is 14.8. The Bertz CT molecular complexity index is 1710. The first-order valence-corrected chi connectivity index (χ1v) is 16.3. The summed E-state index contributed by atoms with van der Waals surface area (Å²) >= 11 is 0. The summed E-state index contributed by atoms with van der Waals surface area (Å²) in [6.45, 7) is 0.264. The summed E-state index contributed by atoms with van der Waals surface area (Å²) in [5, 5.41) is 2.98. The maximum Gasteiger partial charge on any atom is 0.247 e. The third-order valence-electron chi connectivity index (χ3n) is 7.67. The van der Waals surface area contributed by atoms with Crippen LogP contribution in [0.4, 0.5) is 4.39 Å². The summed E-state index contributed by atoms with van der Waals surface area (Å²) in [5.41, 5.74) is 2.87. The van der Waals surface area contributed by atoms with Crippen molar-refractivity contribution in [2.45, 2.75) is 55.8 Å². The molecule has 1 atom stereocenters. The Hall–Kier alpha value is -4.54. The number of carbonyl (C=O) groups is 2. The molecule has 5 rings (SSSR count). The van der Waals surface area contributed by atoms with Crippen LogP contribution in [0, 0.1) is 5.82 Å². The van der Waals surface area contributed by atoms with Gasteiger partial charge in [-0.1, -0.05) is 72.8 Å². The molecule has 0 spiro atoms. The highest BCUT2D eigenvalue weighted by molar-refractivity contribution is 7.89. The second-order valence-corrected chi connectivity index (χ2v) is 12.7. The number of para-hydroxylation sites is 1. The van der Waals surface area contributed by atoms with E-state index in [1.54, 1.807) is 55.6 Å². The number of hydrogen-bond donors (Lipinski definition) is 2. The molecule has 1 saturated carbocycles. The minimum absolute atomic E-state index is 0.00358. The number of hydrogen-bond acceptors (Lipinski definition) is 5. The molecule has 234 valence electrons. The average molecular weight is 630 g/mol. The van der Waals surface area contributed by atoms with Gasteiger partial charge in [0.25, 0.3) is 0 Å². The third-order valence-corrected chi connectivity index (χ3v) is 9.20. The van der Waals surface area contributed by atoms with Crippen LogP contribution in [0.3, 0.4) is 0 Å². The maximum absolute atomic E-state index is 14.0. The Morgan fingerprint density at radius 2 is 1.53 bits per heavy atom. The Labute approximate surface area is 263 Å². The summed E-state index contributed by atoms with van der Waals surface area (Å²) in [7, 11) is -2.02. The van der Waals surface area contributed by atoms with Crippen LogP contribution in [-0.4, -0.2) is 38.3 Å². The van der Waals surface area contributed by atoms with E-state index < -0.39 is 21.9 Å². The normalized spacial score (nSPS) is 13.6. The van der Waals surface area contributed by atoms with Crippen molar-refractivity contribution in [3.05, 3.63) is 131 Å². The lowest BCUT2D eigenvalue weighted by atomic mass is 10.0. The number of carbonyl (C=O) groups excluding carboxylic acids is 2. The quantitative estimate of drug-likeness (QED) is 0.197. The van der Waals surface area contributed by atoms with Crippen molar-refractivity contribution in [3.63, 3.8) is 0 Å². The van der Waals surface area contributed by atoms with E-state index in [2.05, 4.69) is 10.0 Å². The zero-order chi connectivity index (χ0) is 31.8. The van der Waals surface area contributed by atoms with Crippen LogP contribution in [-0.2, 0) is 39.1 Å². The van der Waals surface area contributed by atoms with Gasteiger partial charge >= 0.3 is 0 Å². The van der Waals surface area contributed by atoms with E-state index in [9.17, 15) is 22.4 Å². The lowest BCUT2D eigenvalue weighted by molar-refractivity contribution is -0.141. The second-order valence-electron chi connectivity index (χ2n) is 11.0. The monoisotopic (exact) mass is 629 g/mol. The number of amides is 2. The van der Waals surface area contributed by atoms with E-state index in [1.807, 2.05) is 42.5 Å². The van der Waals surface area contributed by atoms with Crippen molar-refractivity contribution in [1.29, 1.82) is 0 Å². The topological polar surface area (TPSA) is 105 Å². The van der Waals surface area contributed by atoms with Crippen LogP contribution in [0.1, 0.15) is 47.6 Å². The fourth-order valence-electron chi connectivity index (χ4n) is 5.06. The summed E-state index contributed by atoms with van der Waals surface area (Å²) in [4.78, 5) is 29.6. The highest BCUT2D eigenvalue weighted by Gasteiger charge is 2.32. The third kappa shape index (κ3) is 8.55. The first-order chi connectivity index (χ1) is 21.7. The smallest absolute Gasteiger partial charge is 0.247 e. The Balaban J connectivity index is 1.38. The van der Waals surface area contributed by atoms with Gasteiger partial charge in [0.15, 0.2) is 0 Å². The molecule has 0 aliphatic heterocycles. The Morgan fingerprint density at radius 3 is 2.20 bits per heavy atom. The van der Waals surface area contributed by atoms with Gasteiger partial charge in [0.05, 0.1) is 12.0 Å². The fraction of sp³-hybridized carbons (Fsp3) is 0.257. The van der Waals surface area contributed by atoms with Crippen LogP contribution >= 0.6 is 0 Å². The predicted molar refractivity (Wildman–Crippen MR) is 169 cm³/mol. The van der Waals surface area contributed by atoms with Crippen LogP contribution in [0.15, 0.2) is 108 Å². The van der Waals surface area contributed by atoms with Gasteiger partial charge in [-0.05, 0) is 66.3 Å². The molecule has 1 aliphatic rings. The average Bonchev–Trinajstić information content (AvgIpc) is 3.87. The number of nitrogens with one attached hydrogen (secondary N) is 2. The number of sulfonamides is 1. The fourth-order valence-corrected chi connectivity index (χ4v) is 6.37. The molecule has 2 amide bonds. The van der Waals surface area contributed by atoms with Gasteiger partial charge in [0.2, 0.25) is 21.8 Å². The molecular weight excluding hydrogens is 593 g/mol. The number of methoxy groups -OCH3 is 1. The molecule has 4 aromatic carbocycles. The molecule has 0 saturated heterocycles. The Morgan fingerprint density at radius 1 is 0.889 bits per heavy atom. The van der Waals surface area contributed by atoms with Gasteiger partial charge in [-0.3, -0.25) is 9.59 Å². The van der Waals surface area contributed by atoms with Crippen molar-refractivity contribution in [2.75, 3.05) is 7.11 Å². The van der Waals surface area contributed by atoms with Crippen LogP contribution in [0.5, 0.6) is 5.75 Å². The minimum Gasteiger partial charge on any atom is -0.496 e. The lowest BCUT2D eigenvalue weighted by Gasteiger charge is -2.32. The van der Waals surface area contributed by atoms with Gasteiger partial charge in [-0.2, -0.15) is 0 Å². The SMILES string of the molecule is COc1ccccc1CNC(=O)C(c1ccccc1)N(Cc1ccc(F)cc1)C(=O)CCc1ccc(S(=O)(=O)NC2CC2)cc1. The number of ether oxygens (including phenoxy) is 1. The van der Waals surface area contributed by atoms with Crippen LogP contribution in [0.2, 0.25) is 0 Å². The number of rotatable bonds is 14.